The predicted molar refractivity (Wildman–Crippen MR) is 63.7 cm³/mol. The average molecular weight is 281 g/mol. The van der Waals surface area contributed by atoms with Crippen LogP contribution < -0.4 is 4.74 Å². The minimum Gasteiger partial charge on any atom is -0.496 e. The third-order valence-electron chi connectivity index (χ3n) is 1.93. The fraction of sp³-hybridized carbons (Fsp3) is 0.100. The molecular weight excluding hydrogens is 272 g/mol. The van der Waals surface area contributed by atoms with Gasteiger partial charge in [-0.3, -0.25) is 0 Å². The van der Waals surface area contributed by atoms with Gasteiger partial charge in [-0.05, 0) is 18.2 Å². The largest absolute Gasteiger partial charge is 0.496 e. The molecule has 0 fully saturated rings. The zero-order valence-corrected chi connectivity index (χ0v) is 10.1. The van der Waals surface area contributed by atoms with Crippen LogP contribution in [0.25, 0.3) is 0 Å². The molecule has 0 amide bonds. The quantitative estimate of drug-likeness (QED) is 0.808. The van der Waals surface area contributed by atoms with Crippen LogP contribution in [0.4, 0.5) is 0 Å². The van der Waals surface area contributed by atoms with Crippen molar-refractivity contribution in [1.82, 2.24) is 14.9 Å². The van der Waals surface area contributed by atoms with E-state index in [1.54, 1.807) is 13.3 Å². The predicted octanol–water partition coefficient (Wildman–Crippen LogP) is 1.93. The summed E-state index contributed by atoms with van der Waals surface area (Å²) in [7, 11) is 1.62. The molecule has 0 aliphatic rings. The van der Waals surface area contributed by atoms with Crippen molar-refractivity contribution in [3.63, 3.8) is 0 Å². The molecule has 0 atom stereocenters. The first kappa shape index (κ1) is 10.8. The molecule has 1 aromatic carbocycles. The third-order valence-corrected chi connectivity index (χ3v) is 2.42. The van der Waals surface area contributed by atoms with Crippen molar-refractivity contribution in [1.29, 1.82) is 0 Å². The summed E-state index contributed by atoms with van der Waals surface area (Å²) in [4.78, 5) is 0. The Morgan fingerprint density at radius 3 is 2.81 bits per heavy atom. The van der Waals surface area contributed by atoms with Crippen molar-refractivity contribution in [3.05, 3.63) is 40.9 Å². The first-order valence-electron chi connectivity index (χ1n) is 4.52. The summed E-state index contributed by atoms with van der Waals surface area (Å²) in [5.74, 6) is 0.764. The van der Waals surface area contributed by atoms with Crippen molar-refractivity contribution in [3.8, 4) is 5.75 Å². The molecule has 82 valence electrons. The Hall–Kier alpha value is -1.69. The standard InChI is InChI=1S/C10H9BrN4O/c1-16-10-3-2-9(11)4-8(10)5-14-15-6-12-13-7-15/h2-7H,1H3/b14-5-. The SMILES string of the molecule is COc1ccc(Br)cc1/C=N\n1cnnc1. The number of nitrogens with zero attached hydrogens (tertiary/aromatic N) is 4. The number of rotatable bonds is 3. The molecule has 0 spiro atoms. The zero-order chi connectivity index (χ0) is 11.4. The van der Waals surface area contributed by atoms with E-state index in [-0.39, 0.29) is 0 Å². The van der Waals surface area contributed by atoms with Crippen LogP contribution in [0.3, 0.4) is 0 Å². The van der Waals surface area contributed by atoms with Crippen LogP contribution in [0.5, 0.6) is 5.75 Å². The minimum atomic E-state index is 0.764. The number of ether oxygens (including phenoxy) is 1. The molecule has 0 saturated heterocycles. The van der Waals surface area contributed by atoms with E-state index in [4.69, 9.17) is 4.74 Å². The van der Waals surface area contributed by atoms with Crippen molar-refractivity contribution in [2.45, 2.75) is 0 Å². The number of hydrogen-bond acceptors (Lipinski definition) is 4. The van der Waals surface area contributed by atoms with Crippen molar-refractivity contribution in [2.24, 2.45) is 5.10 Å². The number of methoxy groups -OCH3 is 1. The number of aromatic nitrogens is 3. The highest BCUT2D eigenvalue weighted by Gasteiger charge is 2.00. The molecule has 0 unspecified atom stereocenters. The van der Waals surface area contributed by atoms with Gasteiger partial charge in [-0.15, -0.1) is 10.2 Å². The van der Waals surface area contributed by atoms with Crippen molar-refractivity contribution >= 4 is 22.1 Å². The molecule has 0 bridgehead atoms. The van der Waals surface area contributed by atoms with Crippen LogP contribution in [-0.2, 0) is 0 Å². The van der Waals surface area contributed by atoms with Gasteiger partial charge in [0.2, 0.25) is 0 Å². The highest BCUT2D eigenvalue weighted by molar-refractivity contribution is 9.10. The van der Waals surface area contributed by atoms with Crippen molar-refractivity contribution in [2.75, 3.05) is 7.11 Å². The molecule has 0 N–H and O–H groups in total. The first-order valence-corrected chi connectivity index (χ1v) is 5.31. The highest BCUT2D eigenvalue weighted by atomic mass is 79.9. The topological polar surface area (TPSA) is 52.3 Å². The maximum atomic E-state index is 5.22. The van der Waals surface area contributed by atoms with Gasteiger partial charge in [0.05, 0.1) is 13.3 Å². The molecule has 0 radical (unpaired) electrons. The van der Waals surface area contributed by atoms with Crippen LogP contribution in [0.15, 0.2) is 40.4 Å². The Balaban J connectivity index is 2.29. The van der Waals surface area contributed by atoms with Gasteiger partial charge in [-0.25, -0.2) is 4.68 Å². The second-order valence-corrected chi connectivity index (χ2v) is 3.89. The van der Waals surface area contributed by atoms with Crippen LogP contribution in [-0.4, -0.2) is 28.2 Å². The maximum Gasteiger partial charge on any atom is 0.141 e. The van der Waals surface area contributed by atoms with Crippen LogP contribution in [0.2, 0.25) is 0 Å². The number of benzene rings is 1. The van der Waals surface area contributed by atoms with E-state index in [0.717, 1.165) is 15.8 Å². The zero-order valence-electron chi connectivity index (χ0n) is 8.54. The van der Waals surface area contributed by atoms with Gasteiger partial charge >= 0.3 is 0 Å². The van der Waals surface area contributed by atoms with Gasteiger partial charge in [0.25, 0.3) is 0 Å². The van der Waals surface area contributed by atoms with Crippen LogP contribution in [0.1, 0.15) is 5.56 Å². The summed E-state index contributed by atoms with van der Waals surface area (Å²) in [6, 6.07) is 5.71. The first-order chi connectivity index (χ1) is 7.79. The normalized spacial score (nSPS) is 10.9. The average Bonchev–Trinajstić information content (AvgIpc) is 2.79. The van der Waals surface area contributed by atoms with Gasteiger partial charge < -0.3 is 4.74 Å². The van der Waals surface area contributed by atoms with E-state index >= 15 is 0 Å². The summed E-state index contributed by atoms with van der Waals surface area (Å²) >= 11 is 3.40. The van der Waals surface area contributed by atoms with E-state index < -0.39 is 0 Å². The maximum absolute atomic E-state index is 5.22. The molecule has 5 nitrogen and oxygen atoms in total. The lowest BCUT2D eigenvalue weighted by Gasteiger charge is -2.04. The summed E-state index contributed by atoms with van der Waals surface area (Å²) in [5, 5.41) is 11.5. The summed E-state index contributed by atoms with van der Waals surface area (Å²) in [6.45, 7) is 0. The summed E-state index contributed by atoms with van der Waals surface area (Å²) in [5.41, 5.74) is 0.880. The molecule has 1 heterocycles. The van der Waals surface area contributed by atoms with Gasteiger partial charge in [-0.2, -0.15) is 5.10 Å². The van der Waals surface area contributed by atoms with E-state index in [0.29, 0.717) is 0 Å². The van der Waals surface area contributed by atoms with Gasteiger partial charge in [0.1, 0.15) is 18.4 Å². The lowest BCUT2D eigenvalue weighted by atomic mass is 10.2. The molecule has 0 aliphatic heterocycles. The Morgan fingerprint density at radius 1 is 1.38 bits per heavy atom. The Labute approximate surface area is 101 Å². The van der Waals surface area contributed by atoms with Crippen LogP contribution in [0, 0.1) is 0 Å². The van der Waals surface area contributed by atoms with Gasteiger partial charge in [-0.1, -0.05) is 15.9 Å². The summed E-state index contributed by atoms with van der Waals surface area (Å²) in [6.07, 6.45) is 4.72. The second-order valence-electron chi connectivity index (χ2n) is 2.97. The molecular formula is C10H9BrN4O. The molecule has 2 rings (SSSR count). The molecule has 2 aromatic rings. The molecule has 1 aromatic heterocycles. The lowest BCUT2D eigenvalue weighted by molar-refractivity contribution is 0.414. The Kier molecular flexibility index (Phi) is 3.31. The number of halogens is 1. The third kappa shape index (κ3) is 2.46. The number of hydrogen-bond donors (Lipinski definition) is 0. The van der Waals surface area contributed by atoms with Gasteiger partial charge in [0.15, 0.2) is 0 Å². The van der Waals surface area contributed by atoms with Crippen LogP contribution >= 0.6 is 15.9 Å². The Morgan fingerprint density at radius 2 is 2.12 bits per heavy atom. The summed E-state index contributed by atoms with van der Waals surface area (Å²) < 4.78 is 7.70. The fourth-order valence-electron chi connectivity index (χ4n) is 1.19. The van der Waals surface area contributed by atoms with E-state index in [9.17, 15) is 0 Å². The van der Waals surface area contributed by atoms with Crippen molar-refractivity contribution < 1.29 is 4.74 Å². The van der Waals surface area contributed by atoms with E-state index in [1.165, 1.54) is 17.3 Å². The minimum absolute atomic E-state index is 0.764. The van der Waals surface area contributed by atoms with E-state index in [1.807, 2.05) is 18.2 Å². The Bertz CT molecular complexity index is 496. The highest BCUT2D eigenvalue weighted by Crippen LogP contribution is 2.21. The molecule has 0 saturated carbocycles. The van der Waals surface area contributed by atoms with E-state index in [2.05, 4.69) is 31.2 Å². The second kappa shape index (κ2) is 4.89. The monoisotopic (exact) mass is 280 g/mol. The smallest absolute Gasteiger partial charge is 0.141 e. The van der Waals surface area contributed by atoms with Gasteiger partial charge in [0, 0.05) is 10.0 Å². The fourth-order valence-corrected chi connectivity index (χ4v) is 1.57. The molecule has 0 aliphatic carbocycles. The lowest BCUT2D eigenvalue weighted by Crippen LogP contribution is -1.92. The molecule has 6 heteroatoms. The molecule has 16 heavy (non-hydrogen) atoms.